The molecule has 1 nitrogen and oxygen atoms in total. The summed E-state index contributed by atoms with van der Waals surface area (Å²) in [6, 6.07) is 6.62. The summed E-state index contributed by atoms with van der Waals surface area (Å²) in [5, 5.41) is 2.40. The Morgan fingerprint density at radius 1 is 1.35 bits per heavy atom. The fourth-order valence-corrected chi connectivity index (χ4v) is 1.68. The summed E-state index contributed by atoms with van der Waals surface area (Å²) in [5.74, 6) is -4.00. The molecule has 96 valence electrons. The lowest BCUT2D eigenvalue weighted by Gasteiger charge is -2.20. The van der Waals surface area contributed by atoms with Gasteiger partial charge in [-0.25, -0.2) is 8.78 Å². The van der Waals surface area contributed by atoms with Gasteiger partial charge in [0, 0.05) is 10.5 Å². The van der Waals surface area contributed by atoms with E-state index in [1.165, 1.54) is 0 Å². The second-order valence-corrected chi connectivity index (χ2v) is 4.63. The normalized spacial score (nSPS) is 14.1. The first-order valence-corrected chi connectivity index (χ1v) is 5.77. The predicted octanol–water partition coefficient (Wildman–Crippen LogP) is 4.00. The number of hydrogen-bond donors (Lipinski definition) is 1. The maximum Gasteiger partial charge on any atom is 0.319 e. The Morgan fingerprint density at radius 2 is 2.00 bits per heavy atom. The van der Waals surface area contributed by atoms with Gasteiger partial charge >= 0.3 is 12.3 Å². The number of rotatable bonds is 5. The Hall–Kier alpha value is -0.620. The Labute approximate surface area is 105 Å². The third-order valence-corrected chi connectivity index (χ3v) is 2.81. The van der Waals surface area contributed by atoms with Crippen LogP contribution in [0.3, 0.4) is 0 Å². The van der Waals surface area contributed by atoms with Crippen molar-refractivity contribution in [1.82, 2.24) is 5.32 Å². The van der Waals surface area contributed by atoms with Crippen molar-refractivity contribution < 1.29 is 17.6 Å². The molecule has 0 saturated heterocycles. The van der Waals surface area contributed by atoms with Gasteiger partial charge in [-0.15, -0.1) is 0 Å². The Balaban J connectivity index is 2.59. The van der Waals surface area contributed by atoms with Gasteiger partial charge in [0.25, 0.3) is 0 Å². The van der Waals surface area contributed by atoms with Crippen LogP contribution in [0, 0.1) is 0 Å². The predicted molar refractivity (Wildman–Crippen MR) is 61.5 cm³/mol. The van der Waals surface area contributed by atoms with Crippen molar-refractivity contribution >= 4 is 15.9 Å². The average Bonchev–Trinajstić information content (AvgIpc) is 2.25. The number of benzene rings is 1. The van der Waals surface area contributed by atoms with E-state index in [9.17, 15) is 17.6 Å². The van der Waals surface area contributed by atoms with Crippen LogP contribution in [0.4, 0.5) is 17.6 Å². The molecule has 0 aliphatic rings. The molecule has 1 unspecified atom stereocenters. The van der Waals surface area contributed by atoms with Crippen molar-refractivity contribution in [3.63, 3.8) is 0 Å². The van der Waals surface area contributed by atoms with Crippen molar-refractivity contribution in [2.24, 2.45) is 0 Å². The van der Waals surface area contributed by atoms with Crippen molar-refractivity contribution in [2.75, 3.05) is 6.54 Å². The first kappa shape index (κ1) is 14.4. The molecule has 0 saturated carbocycles. The van der Waals surface area contributed by atoms with E-state index in [0.29, 0.717) is 0 Å². The van der Waals surface area contributed by atoms with E-state index in [1.54, 1.807) is 31.2 Å². The second kappa shape index (κ2) is 5.82. The van der Waals surface area contributed by atoms with E-state index in [4.69, 9.17) is 0 Å². The quantitative estimate of drug-likeness (QED) is 0.810. The van der Waals surface area contributed by atoms with Crippen LogP contribution in [0.25, 0.3) is 0 Å². The lowest BCUT2D eigenvalue weighted by Crippen LogP contribution is -2.39. The maximum atomic E-state index is 12.7. The van der Waals surface area contributed by atoms with Crippen LogP contribution >= 0.6 is 15.9 Å². The minimum Gasteiger partial charge on any atom is -0.304 e. The number of alkyl halides is 4. The average molecular weight is 314 g/mol. The van der Waals surface area contributed by atoms with Gasteiger partial charge in [0.15, 0.2) is 0 Å². The van der Waals surface area contributed by atoms with Crippen LogP contribution in [0.1, 0.15) is 18.5 Å². The topological polar surface area (TPSA) is 12.0 Å². The summed E-state index contributed by atoms with van der Waals surface area (Å²) in [7, 11) is 0. The third kappa shape index (κ3) is 4.27. The SMILES string of the molecule is CC(NCC(F)(F)C(F)F)c1cccc(Br)c1. The van der Waals surface area contributed by atoms with Gasteiger partial charge in [-0.3, -0.25) is 0 Å². The van der Waals surface area contributed by atoms with Crippen LogP contribution < -0.4 is 5.32 Å². The van der Waals surface area contributed by atoms with Gasteiger partial charge in [-0.1, -0.05) is 28.1 Å². The molecule has 1 aromatic rings. The summed E-state index contributed by atoms with van der Waals surface area (Å²) in [6.07, 6.45) is -3.65. The van der Waals surface area contributed by atoms with Crippen molar-refractivity contribution in [1.29, 1.82) is 0 Å². The highest BCUT2D eigenvalue weighted by atomic mass is 79.9. The van der Waals surface area contributed by atoms with Gasteiger partial charge in [-0.2, -0.15) is 8.78 Å². The molecule has 1 aromatic carbocycles. The van der Waals surface area contributed by atoms with Crippen molar-refractivity contribution in [3.8, 4) is 0 Å². The molecule has 0 fully saturated rings. The fraction of sp³-hybridized carbons (Fsp3) is 0.455. The van der Waals surface area contributed by atoms with E-state index < -0.39 is 24.9 Å². The number of halogens is 5. The Bertz CT molecular complexity index is 370. The summed E-state index contributed by atoms with van der Waals surface area (Å²) >= 11 is 3.25. The lowest BCUT2D eigenvalue weighted by atomic mass is 10.1. The third-order valence-electron chi connectivity index (χ3n) is 2.31. The van der Waals surface area contributed by atoms with Crippen LogP contribution in [-0.2, 0) is 0 Å². The van der Waals surface area contributed by atoms with Gasteiger partial charge < -0.3 is 5.32 Å². The zero-order chi connectivity index (χ0) is 13.1. The summed E-state index contributed by atoms with van der Waals surface area (Å²) < 4.78 is 50.0. The molecule has 0 heterocycles. The molecule has 0 spiro atoms. The van der Waals surface area contributed by atoms with Crippen LogP contribution in [0.5, 0.6) is 0 Å². The van der Waals surface area contributed by atoms with Crippen LogP contribution in [-0.4, -0.2) is 18.9 Å². The van der Waals surface area contributed by atoms with Crippen molar-refractivity contribution in [2.45, 2.75) is 25.3 Å². The van der Waals surface area contributed by atoms with Gasteiger partial charge in [0.05, 0.1) is 6.54 Å². The molecule has 0 radical (unpaired) electrons. The first-order valence-electron chi connectivity index (χ1n) is 4.98. The zero-order valence-corrected chi connectivity index (χ0v) is 10.6. The zero-order valence-electron chi connectivity index (χ0n) is 9.06. The fourth-order valence-electron chi connectivity index (χ4n) is 1.26. The molecule has 0 aromatic heterocycles. The summed E-state index contributed by atoms with van der Waals surface area (Å²) in [5.41, 5.74) is 0.754. The smallest absolute Gasteiger partial charge is 0.304 e. The summed E-state index contributed by atoms with van der Waals surface area (Å²) in [4.78, 5) is 0. The van der Waals surface area contributed by atoms with Crippen LogP contribution in [0.15, 0.2) is 28.7 Å². The van der Waals surface area contributed by atoms with E-state index in [-0.39, 0.29) is 0 Å². The molecule has 1 rings (SSSR count). The van der Waals surface area contributed by atoms with Crippen LogP contribution in [0.2, 0.25) is 0 Å². The molecule has 0 aliphatic heterocycles. The molecular formula is C11H12BrF4N. The minimum absolute atomic E-state index is 0.419. The maximum absolute atomic E-state index is 12.7. The van der Waals surface area contributed by atoms with Gasteiger partial charge in [0.1, 0.15) is 0 Å². The van der Waals surface area contributed by atoms with E-state index in [1.807, 2.05) is 0 Å². The van der Waals surface area contributed by atoms with Crippen molar-refractivity contribution in [3.05, 3.63) is 34.3 Å². The molecule has 0 amide bonds. The first-order chi connectivity index (χ1) is 7.83. The molecule has 1 N–H and O–H groups in total. The Kier molecular flexibility index (Phi) is 4.94. The molecule has 0 aliphatic carbocycles. The minimum atomic E-state index is -4.00. The molecule has 6 heteroatoms. The highest BCUT2D eigenvalue weighted by molar-refractivity contribution is 9.10. The van der Waals surface area contributed by atoms with E-state index >= 15 is 0 Å². The molecule has 17 heavy (non-hydrogen) atoms. The molecule has 1 atom stereocenters. The highest BCUT2D eigenvalue weighted by Crippen LogP contribution is 2.23. The largest absolute Gasteiger partial charge is 0.319 e. The standard InChI is InChI=1S/C11H12BrF4N/c1-7(8-3-2-4-9(12)5-8)17-6-11(15,16)10(13)14/h2-5,7,10,17H,6H2,1H3. The lowest BCUT2D eigenvalue weighted by molar-refractivity contribution is -0.126. The molecule has 0 bridgehead atoms. The number of nitrogens with one attached hydrogen (secondary N) is 1. The van der Waals surface area contributed by atoms with Gasteiger partial charge in [0.2, 0.25) is 0 Å². The molecular weight excluding hydrogens is 302 g/mol. The second-order valence-electron chi connectivity index (χ2n) is 3.72. The Morgan fingerprint density at radius 3 is 2.53 bits per heavy atom. The van der Waals surface area contributed by atoms with Gasteiger partial charge in [-0.05, 0) is 24.6 Å². The number of hydrogen-bond acceptors (Lipinski definition) is 1. The summed E-state index contributed by atoms with van der Waals surface area (Å²) in [6.45, 7) is 0.599. The monoisotopic (exact) mass is 313 g/mol. The van der Waals surface area contributed by atoms with E-state index in [0.717, 1.165) is 10.0 Å². The highest BCUT2D eigenvalue weighted by Gasteiger charge is 2.40. The van der Waals surface area contributed by atoms with E-state index in [2.05, 4.69) is 21.2 Å².